The number of piperidine rings is 1. The van der Waals surface area contributed by atoms with E-state index in [1.807, 2.05) is 12.1 Å². The molecule has 20 heavy (non-hydrogen) atoms. The monoisotopic (exact) mass is 338 g/mol. The number of hydrogen-bond acceptors (Lipinski definition) is 2. The minimum atomic E-state index is -0.0631. The maximum Gasteiger partial charge on any atom is 0.223 e. The van der Waals surface area contributed by atoms with Gasteiger partial charge in [0.05, 0.1) is 0 Å². The second kappa shape index (κ2) is 6.72. The van der Waals surface area contributed by atoms with E-state index in [0.717, 1.165) is 30.4 Å². The molecule has 0 aliphatic carbocycles. The number of benzene rings is 1. The van der Waals surface area contributed by atoms with Gasteiger partial charge < -0.3 is 10.6 Å². The van der Waals surface area contributed by atoms with Crippen LogP contribution in [0.4, 0.5) is 0 Å². The number of hydrogen-bond donors (Lipinski definition) is 2. The van der Waals surface area contributed by atoms with Crippen molar-refractivity contribution in [2.45, 2.75) is 32.1 Å². The Hall–Kier alpha value is -0.870. The summed E-state index contributed by atoms with van der Waals surface area (Å²) < 4.78 is 1.08. The van der Waals surface area contributed by atoms with Crippen molar-refractivity contribution in [3.05, 3.63) is 34.3 Å². The topological polar surface area (TPSA) is 41.1 Å². The van der Waals surface area contributed by atoms with Crippen LogP contribution in [0.5, 0.6) is 0 Å². The molecule has 3 nitrogen and oxygen atoms in total. The van der Waals surface area contributed by atoms with E-state index in [4.69, 9.17) is 0 Å². The SMILES string of the molecule is CC(C)(CNC(=O)C1CCNCC1)c1cccc(Br)c1. The van der Waals surface area contributed by atoms with Gasteiger partial charge in [0.2, 0.25) is 5.91 Å². The summed E-state index contributed by atoms with van der Waals surface area (Å²) in [5, 5.41) is 6.42. The van der Waals surface area contributed by atoms with Crippen molar-refractivity contribution < 1.29 is 4.79 Å². The molecule has 1 heterocycles. The largest absolute Gasteiger partial charge is 0.355 e. The zero-order chi connectivity index (χ0) is 14.6. The van der Waals surface area contributed by atoms with E-state index in [1.165, 1.54) is 5.56 Å². The van der Waals surface area contributed by atoms with Crippen LogP contribution in [0.2, 0.25) is 0 Å². The summed E-state index contributed by atoms with van der Waals surface area (Å²) in [6.07, 6.45) is 1.90. The van der Waals surface area contributed by atoms with E-state index in [-0.39, 0.29) is 17.2 Å². The van der Waals surface area contributed by atoms with E-state index in [0.29, 0.717) is 6.54 Å². The quantitative estimate of drug-likeness (QED) is 0.886. The molecule has 1 aliphatic heterocycles. The van der Waals surface area contributed by atoms with Crippen molar-refractivity contribution in [1.29, 1.82) is 0 Å². The number of carbonyl (C=O) groups excluding carboxylic acids is 1. The minimum absolute atomic E-state index is 0.0631. The van der Waals surface area contributed by atoms with Crippen LogP contribution in [0.1, 0.15) is 32.3 Å². The Morgan fingerprint density at radius 2 is 2.10 bits per heavy atom. The summed E-state index contributed by atoms with van der Waals surface area (Å²) >= 11 is 3.50. The van der Waals surface area contributed by atoms with E-state index in [9.17, 15) is 4.79 Å². The lowest BCUT2D eigenvalue weighted by molar-refractivity contribution is -0.125. The highest BCUT2D eigenvalue weighted by Gasteiger charge is 2.25. The molecule has 0 saturated carbocycles. The maximum atomic E-state index is 12.2. The molecule has 1 amide bonds. The van der Waals surface area contributed by atoms with E-state index >= 15 is 0 Å². The fourth-order valence-electron chi connectivity index (χ4n) is 2.55. The highest BCUT2D eigenvalue weighted by atomic mass is 79.9. The molecule has 0 unspecified atom stereocenters. The van der Waals surface area contributed by atoms with Gasteiger partial charge in [0.15, 0.2) is 0 Å². The summed E-state index contributed by atoms with van der Waals surface area (Å²) in [6, 6.07) is 8.29. The maximum absolute atomic E-state index is 12.2. The molecule has 4 heteroatoms. The summed E-state index contributed by atoms with van der Waals surface area (Å²) in [6.45, 7) is 6.90. The van der Waals surface area contributed by atoms with E-state index in [2.05, 4.69) is 52.5 Å². The normalized spacial score (nSPS) is 16.9. The Balaban J connectivity index is 1.93. The molecule has 2 rings (SSSR count). The van der Waals surface area contributed by atoms with Gasteiger partial charge in [-0.05, 0) is 43.6 Å². The van der Waals surface area contributed by atoms with Gasteiger partial charge in [-0.1, -0.05) is 41.9 Å². The predicted molar refractivity (Wildman–Crippen MR) is 85.8 cm³/mol. The van der Waals surface area contributed by atoms with Crippen molar-refractivity contribution >= 4 is 21.8 Å². The first kappa shape index (κ1) is 15.5. The minimum Gasteiger partial charge on any atom is -0.355 e. The molecule has 0 radical (unpaired) electrons. The Bertz CT molecular complexity index is 467. The average molecular weight is 339 g/mol. The highest BCUT2D eigenvalue weighted by Crippen LogP contribution is 2.25. The summed E-state index contributed by atoms with van der Waals surface area (Å²) in [5.41, 5.74) is 1.17. The molecular formula is C16H23BrN2O. The third kappa shape index (κ3) is 4.06. The fourth-order valence-corrected chi connectivity index (χ4v) is 2.95. The van der Waals surface area contributed by atoms with Gasteiger partial charge in [0, 0.05) is 22.4 Å². The van der Waals surface area contributed by atoms with Crippen molar-refractivity contribution in [1.82, 2.24) is 10.6 Å². The van der Waals surface area contributed by atoms with Crippen molar-refractivity contribution in [2.24, 2.45) is 5.92 Å². The number of rotatable bonds is 4. The standard InChI is InChI=1S/C16H23BrN2O/c1-16(2,13-4-3-5-14(17)10-13)11-19-15(20)12-6-8-18-9-7-12/h3-5,10,12,18H,6-9,11H2,1-2H3,(H,19,20). The van der Waals surface area contributed by atoms with Crippen LogP contribution in [0.25, 0.3) is 0 Å². The predicted octanol–water partition coefficient (Wildman–Crippen LogP) is 2.84. The van der Waals surface area contributed by atoms with E-state index < -0.39 is 0 Å². The number of nitrogens with one attached hydrogen (secondary N) is 2. The number of amides is 1. The summed E-state index contributed by atoms with van der Waals surface area (Å²) in [7, 11) is 0. The van der Waals surface area contributed by atoms with Crippen molar-refractivity contribution in [2.75, 3.05) is 19.6 Å². The second-order valence-electron chi connectivity index (χ2n) is 6.14. The molecule has 110 valence electrons. The van der Waals surface area contributed by atoms with Crippen LogP contribution in [-0.2, 0) is 10.2 Å². The van der Waals surface area contributed by atoms with Crippen LogP contribution in [0, 0.1) is 5.92 Å². The van der Waals surface area contributed by atoms with Gasteiger partial charge in [0.25, 0.3) is 0 Å². The Labute approximate surface area is 129 Å². The molecular weight excluding hydrogens is 316 g/mol. The second-order valence-corrected chi connectivity index (χ2v) is 7.05. The zero-order valence-corrected chi connectivity index (χ0v) is 13.8. The molecule has 2 N–H and O–H groups in total. The van der Waals surface area contributed by atoms with Crippen LogP contribution >= 0.6 is 15.9 Å². The summed E-state index contributed by atoms with van der Waals surface area (Å²) in [4.78, 5) is 12.2. The zero-order valence-electron chi connectivity index (χ0n) is 12.2. The average Bonchev–Trinajstić information content (AvgIpc) is 2.46. The van der Waals surface area contributed by atoms with Crippen LogP contribution < -0.4 is 10.6 Å². The van der Waals surface area contributed by atoms with Gasteiger partial charge >= 0.3 is 0 Å². The molecule has 1 aromatic rings. The van der Waals surface area contributed by atoms with Crippen molar-refractivity contribution in [3.63, 3.8) is 0 Å². The smallest absolute Gasteiger partial charge is 0.223 e. The first-order chi connectivity index (χ1) is 9.49. The molecule has 0 bridgehead atoms. The van der Waals surface area contributed by atoms with Gasteiger partial charge in [-0.15, -0.1) is 0 Å². The first-order valence-electron chi connectivity index (χ1n) is 7.23. The van der Waals surface area contributed by atoms with Gasteiger partial charge in [-0.2, -0.15) is 0 Å². The van der Waals surface area contributed by atoms with Gasteiger partial charge in [-0.3, -0.25) is 4.79 Å². The highest BCUT2D eigenvalue weighted by molar-refractivity contribution is 9.10. The van der Waals surface area contributed by atoms with Gasteiger partial charge in [0.1, 0.15) is 0 Å². The lowest BCUT2D eigenvalue weighted by Gasteiger charge is -2.28. The van der Waals surface area contributed by atoms with Crippen molar-refractivity contribution in [3.8, 4) is 0 Å². The lowest BCUT2D eigenvalue weighted by Crippen LogP contribution is -2.42. The third-order valence-corrected chi connectivity index (χ3v) is 4.51. The molecule has 0 spiro atoms. The molecule has 0 atom stereocenters. The number of halogens is 1. The van der Waals surface area contributed by atoms with E-state index in [1.54, 1.807) is 0 Å². The fraction of sp³-hybridized carbons (Fsp3) is 0.562. The van der Waals surface area contributed by atoms with Crippen LogP contribution in [-0.4, -0.2) is 25.5 Å². The lowest BCUT2D eigenvalue weighted by atomic mass is 9.84. The summed E-state index contributed by atoms with van der Waals surface area (Å²) in [5.74, 6) is 0.379. The Kier molecular flexibility index (Phi) is 5.22. The molecule has 1 saturated heterocycles. The number of carbonyl (C=O) groups is 1. The first-order valence-corrected chi connectivity index (χ1v) is 8.03. The molecule has 1 aliphatic rings. The molecule has 1 fully saturated rings. The van der Waals surface area contributed by atoms with Gasteiger partial charge in [-0.25, -0.2) is 0 Å². The third-order valence-electron chi connectivity index (χ3n) is 4.02. The van der Waals surface area contributed by atoms with Crippen LogP contribution in [0.3, 0.4) is 0 Å². The Morgan fingerprint density at radius 3 is 2.75 bits per heavy atom. The van der Waals surface area contributed by atoms with Crippen LogP contribution in [0.15, 0.2) is 28.7 Å². The molecule has 1 aromatic carbocycles. The molecule has 0 aromatic heterocycles. The Morgan fingerprint density at radius 1 is 1.40 bits per heavy atom.